The number of anilines is 2. The lowest BCUT2D eigenvalue weighted by molar-refractivity contribution is 0.414. The Kier molecular flexibility index (Phi) is 5.71. The molecule has 6 nitrogen and oxygen atoms in total. The number of aromatic nitrogens is 2. The molecule has 2 N–H and O–H groups in total. The predicted octanol–water partition coefficient (Wildman–Crippen LogP) is 4.97. The molecule has 0 amide bonds. The van der Waals surface area contributed by atoms with Gasteiger partial charge in [-0.25, -0.2) is 4.98 Å². The van der Waals surface area contributed by atoms with Gasteiger partial charge in [-0.05, 0) is 29.8 Å². The largest absolute Gasteiger partial charge is 0.497 e. The Labute approximate surface area is 169 Å². The van der Waals surface area contributed by atoms with E-state index in [2.05, 4.69) is 20.6 Å². The SMILES string of the molecule is COc1ccc(CNc2cc(-c3ccccc3)nc(NCc3ccco3)n2)cc1. The fraction of sp³-hybridized carbons (Fsp3) is 0.130. The maximum atomic E-state index is 5.38. The summed E-state index contributed by atoms with van der Waals surface area (Å²) in [6.07, 6.45) is 1.65. The quantitative estimate of drug-likeness (QED) is 0.445. The summed E-state index contributed by atoms with van der Waals surface area (Å²) < 4.78 is 10.6. The van der Waals surface area contributed by atoms with Gasteiger partial charge in [0.2, 0.25) is 5.95 Å². The molecule has 146 valence electrons. The molecule has 0 atom stereocenters. The summed E-state index contributed by atoms with van der Waals surface area (Å²) in [5.41, 5.74) is 3.01. The molecule has 4 aromatic rings. The van der Waals surface area contributed by atoms with Crippen molar-refractivity contribution in [2.24, 2.45) is 0 Å². The van der Waals surface area contributed by atoms with Crippen molar-refractivity contribution in [3.8, 4) is 17.0 Å². The van der Waals surface area contributed by atoms with Crippen molar-refractivity contribution in [1.82, 2.24) is 9.97 Å². The molecule has 0 fully saturated rings. The van der Waals surface area contributed by atoms with E-state index in [9.17, 15) is 0 Å². The highest BCUT2D eigenvalue weighted by Crippen LogP contribution is 2.22. The van der Waals surface area contributed by atoms with Gasteiger partial charge in [0.15, 0.2) is 0 Å². The van der Waals surface area contributed by atoms with Crippen LogP contribution in [0.2, 0.25) is 0 Å². The van der Waals surface area contributed by atoms with E-state index >= 15 is 0 Å². The fourth-order valence-corrected chi connectivity index (χ4v) is 2.89. The van der Waals surface area contributed by atoms with E-state index in [1.54, 1.807) is 13.4 Å². The Bertz CT molecular complexity index is 1030. The normalized spacial score (nSPS) is 10.5. The maximum absolute atomic E-state index is 5.38. The molecule has 0 aliphatic carbocycles. The molecule has 0 aliphatic heterocycles. The van der Waals surface area contributed by atoms with Crippen molar-refractivity contribution in [1.29, 1.82) is 0 Å². The van der Waals surface area contributed by atoms with Gasteiger partial charge in [-0.2, -0.15) is 4.98 Å². The molecule has 2 heterocycles. The Morgan fingerprint density at radius 1 is 0.862 bits per heavy atom. The van der Waals surface area contributed by atoms with E-state index in [0.717, 1.165) is 34.1 Å². The van der Waals surface area contributed by atoms with E-state index in [-0.39, 0.29) is 0 Å². The van der Waals surface area contributed by atoms with Crippen molar-refractivity contribution in [2.75, 3.05) is 17.7 Å². The molecular formula is C23H22N4O2. The first kappa shape index (κ1) is 18.6. The van der Waals surface area contributed by atoms with Crippen LogP contribution in [0.5, 0.6) is 5.75 Å². The van der Waals surface area contributed by atoms with Gasteiger partial charge < -0.3 is 19.8 Å². The van der Waals surface area contributed by atoms with Crippen LogP contribution in [0, 0.1) is 0 Å². The zero-order chi connectivity index (χ0) is 19.9. The van der Waals surface area contributed by atoms with Gasteiger partial charge in [0.05, 0.1) is 25.6 Å². The van der Waals surface area contributed by atoms with Gasteiger partial charge in [0.1, 0.15) is 17.3 Å². The highest BCUT2D eigenvalue weighted by Gasteiger charge is 2.08. The molecule has 0 bridgehead atoms. The first-order valence-corrected chi connectivity index (χ1v) is 9.38. The first-order valence-electron chi connectivity index (χ1n) is 9.38. The standard InChI is InChI=1S/C23H22N4O2/c1-28-19-11-9-17(10-12-19)15-24-22-14-21(18-6-3-2-4-7-18)26-23(27-22)25-16-20-8-5-13-29-20/h2-14H,15-16H2,1H3,(H2,24,25,26,27). The zero-order valence-corrected chi connectivity index (χ0v) is 16.1. The highest BCUT2D eigenvalue weighted by atomic mass is 16.5. The molecule has 29 heavy (non-hydrogen) atoms. The van der Waals surface area contributed by atoms with Crippen molar-refractivity contribution in [2.45, 2.75) is 13.1 Å². The van der Waals surface area contributed by atoms with Crippen LogP contribution >= 0.6 is 0 Å². The number of hydrogen-bond acceptors (Lipinski definition) is 6. The molecule has 6 heteroatoms. The third-order valence-electron chi connectivity index (χ3n) is 4.43. The molecule has 0 unspecified atom stereocenters. The van der Waals surface area contributed by atoms with Crippen LogP contribution in [0.3, 0.4) is 0 Å². The molecule has 2 aromatic carbocycles. The Morgan fingerprint density at radius 2 is 1.69 bits per heavy atom. The zero-order valence-electron chi connectivity index (χ0n) is 16.1. The molecular weight excluding hydrogens is 364 g/mol. The number of benzene rings is 2. The number of methoxy groups -OCH3 is 1. The van der Waals surface area contributed by atoms with Crippen molar-refractivity contribution < 1.29 is 9.15 Å². The number of ether oxygens (including phenoxy) is 1. The minimum absolute atomic E-state index is 0.517. The minimum atomic E-state index is 0.517. The van der Waals surface area contributed by atoms with Gasteiger partial charge in [-0.15, -0.1) is 0 Å². The summed E-state index contributed by atoms with van der Waals surface area (Å²) in [4.78, 5) is 9.27. The lowest BCUT2D eigenvalue weighted by Gasteiger charge is -2.11. The number of nitrogens with one attached hydrogen (secondary N) is 2. The number of hydrogen-bond donors (Lipinski definition) is 2. The lowest BCUT2D eigenvalue weighted by Crippen LogP contribution is -2.08. The van der Waals surface area contributed by atoms with Gasteiger partial charge >= 0.3 is 0 Å². The maximum Gasteiger partial charge on any atom is 0.225 e. The average molecular weight is 386 g/mol. The molecule has 2 aromatic heterocycles. The first-order chi connectivity index (χ1) is 14.3. The molecule has 0 aliphatic rings. The van der Waals surface area contributed by atoms with E-state index in [1.807, 2.05) is 72.8 Å². The van der Waals surface area contributed by atoms with Crippen LogP contribution in [-0.4, -0.2) is 17.1 Å². The van der Waals surface area contributed by atoms with Crippen molar-refractivity contribution in [3.63, 3.8) is 0 Å². The second kappa shape index (κ2) is 8.93. The van der Waals surface area contributed by atoms with Crippen LogP contribution in [-0.2, 0) is 13.1 Å². The topological polar surface area (TPSA) is 72.2 Å². The fourth-order valence-electron chi connectivity index (χ4n) is 2.89. The third kappa shape index (κ3) is 4.93. The van der Waals surface area contributed by atoms with Crippen LogP contribution in [0.25, 0.3) is 11.3 Å². The Hall–Kier alpha value is -3.80. The molecule has 0 saturated heterocycles. The van der Waals surface area contributed by atoms with Gasteiger partial charge in [0, 0.05) is 18.2 Å². The summed E-state index contributed by atoms with van der Waals surface area (Å²) >= 11 is 0. The number of nitrogens with zero attached hydrogens (tertiary/aromatic N) is 2. The number of rotatable bonds is 8. The Balaban J connectivity index is 1.54. The minimum Gasteiger partial charge on any atom is -0.497 e. The summed E-state index contributed by atoms with van der Waals surface area (Å²) in [5, 5.41) is 6.63. The molecule has 0 spiro atoms. The summed E-state index contributed by atoms with van der Waals surface area (Å²) in [6, 6.07) is 23.7. The monoisotopic (exact) mass is 386 g/mol. The van der Waals surface area contributed by atoms with Gasteiger partial charge in [0.25, 0.3) is 0 Å². The lowest BCUT2D eigenvalue weighted by atomic mass is 10.1. The summed E-state index contributed by atoms with van der Waals surface area (Å²) in [7, 11) is 1.66. The van der Waals surface area contributed by atoms with Crippen LogP contribution < -0.4 is 15.4 Å². The third-order valence-corrected chi connectivity index (χ3v) is 4.43. The van der Waals surface area contributed by atoms with E-state index in [4.69, 9.17) is 9.15 Å². The molecule has 4 rings (SSSR count). The van der Waals surface area contributed by atoms with Crippen molar-refractivity contribution in [3.05, 3.63) is 90.4 Å². The van der Waals surface area contributed by atoms with Crippen LogP contribution in [0.15, 0.2) is 83.5 Å². The number of furan rings is 1. The van der Waals surface area contributed by atoms with Crippen molar-refractivity contribution >= 4 is 11.8 Å². The van der Waals surface area contributed by atoms with E-state index in [0.29, 0.717) is 19.0 Å². The van der Waals surface area contributed by atoms with Crippen LogP contribution in [0.1, 0.15) is 11.3 Å². The Morgan fingerprint density at radius 3 is 2.41 bits per heavy atom. The summed E-state index contributed by atoms with van der Waals surface area (Å²) in [5.74, 6) is 2.95. The van der Waals surface area contributed by atoms with Gasteiger partial charge in [-0.1, -0.05) is 42.5 Å². The van der Waals surface area contributed by atoms with Gasteiger partial charge in [-0.3, -0.25) is 0 Å². The average Bonchev–Trinajstić information content (AvgIpc) is 3.31. The second-order valence-corrected chi connectivity index (χ2v) is 6.46. The smallest absolute Gasteiger partial charge is 0.225 e. The van der Waals surface area contributed by atoms with Crippen LogP contribution in [0.4, 0.5) is 11.8 Å². The highest BCUT2D eigenvalue weighted by molar-refractivity contribution is 5.64. The molecule has 0 saturated carbocycles. The van der Waals surface area contributed by atoms with E-state index < -0.39 is 0 Å². The molecule has 0 radical (unpaired) electrons. The summed E-state index contributed by atoms with van der Waals surface area (Å²) in [6.45, 7) is 1.16. The second-order valence-electron chi connectivity index (χ2n) is 6.46. The van der Waals surface area contributed by atoms with E-state index in [1.165, 1.54) is 0 Å². The predicted molar refractivity (Wildman–Crippen MR) is 114 cm³/mol.